The van der Waals surface area contributed by atoms with E-state index in [1.165, 1.54) is 10.9 Å². The van der Waals surface area contributed by atoms with Crippen LogP contribution in [0.15, 0.2) is 42.6 Å². The normalized spacial score (nSPS) is 40.3. The van der Waals surface area contributed by atoms with Gasteiger partial charge in [-0.2, -0.15) is 0 Å². The Balaban J connectivity index is 0.991. The van der Waals surface area contributed by atoms with Crippen LogP contribution >= 0.6 is 0 Å². The van der Waals surface area contributed by atoms with E-state index >= 15 is 0 Å². The van der Waals surface area contributed by atoms with Crippen LogP contribution in [0.1, 0.15) is 139 Å². The maximum Gasteiger partial charge on any atom is 0.225 e. The van der Waals surface area contributed by atoms with Crippen LogP contribution in [0.25, 0.3) is 10.9 Å². The number of H-pyrrole nitrogens is 1. The maximum absolute atomic E-state index is 14.7. The number of nitrogens with one attached hydrogen (secondary N) is 2. The number of Topliss-reactive ketones (excluding diaryl/α,β-unsaturated/α-hetero) is 1. The highest BCUT2D eigenvalue weighted by molar-refractivity contribution is 5.84. The van der Waals surface area contributed by atoms with Crippen LogP contribution in [-0.2, 0) is 39.7 Å². The summed E-state index contributed by atoms with van der Waals surface area (Å²) < 4.78 is 34.1. The van der Waals surface area contributed by atoms with E-state index in [-0.39, 0.29) is 65.7 Å². The zero-order valence-electron chi connectivity index (χ0n) is 40.3. The van der Waals surface area contributed by atoms with Gasteiger partial charge >= 0.3 is 0 Å². The van der Waals surface area contributed by atoms with E-state index in [9.17, 15) is 24.9 Å². The first kappa shape index (κ1) is 49.2. The minimum Gasteiger partial charge on any atom is -0.392 e. The van der Waals surface area contributed by atoms with Crippen LogP contribution in [0.3, 0.4) is 0 Å². The molecule has 5 aliphatic rings. The molecule has 2 aromatic rings. The lowest BCUT2D eigenvalue weighted by atomic mass is 9.72. The van der Waals surface area contributed by atoms with Gasteiger partial charge in [-0.25, -0.2) is 0 Å². The molecular formula is C52H80N2O10. The van der Waals surface area contributed by atoms with Crippen molar-refractivity contribution in [1.29, 1.82) is 0 Å². The third-order valence-corrected chi connectivity index (χ3v) is 16.8. The fraction of sp³-hybridized carbons (Fsp3) is 0.769. The van der Waals surface area contributed by atoms with Crippen molar-refractivity contribution in [2.45, 2.75) is 205 Å². The van der Waals surface area contributed by atoms with E-state index in [2.05, 4.69) is 43.2 Å². The van der Waals surface area contributed by atoms with Gasteiger partial charge in [-0.15, -0.1) is 0 Å². The SMILES string of the molecule is CCC(C(=O)NCCc1c[nH]c2ccccc12)[C@H]1CC[C@H](C)[C@H]([C@@H](C)[C@H](O)[C@H](C)C(=O)[C@H](CC)[C@H]2O[C@]3(C=C[C@@H](O)[C@]4(CC[C@@](C)([C@H]5CC[C@](O)(CC)[C@H](C)O5)O4)O3)[C@H](C)C[C@@H]2C)O1. The third-order valence-electron chi connectivity index (χ3n) is 16.8. The minimum atomic E-state index is -1.37. The maximum atomic E-state index is 14.7. The van der Waals surface area contributed by atoms with Crippen molar-refractivity contribution >= 4 is 22.6 Å². The van der Waals surface area contributed by atoms with Gasteiger partial charge in [0.05, 0.1) is 53.7 Å². The first-order chi connectivity index (χ1) is 30.3. The number of aromatic nitrogens is 1. The minimum absolute atomic E-state index is 0.0129. The lowest BCUT2D eigenvalue weighted by Gasteiger charge is -2.54. The summed E-state index contributed by atoms with van der Waals surface area (Å²) in [6.45, 7) is 20.6. The standard InChI is InChI=1S/C52H80N2O10/c1-11-37(48(58)53-27-22-36-29-54-40-17-15-14-16-39(36)40)41-19-18-30(4)46(61-41)34(8)44(56)33(7)45(57)38(12-2)47-31(5)28-32(6)51(62-47)24-20-42(55)52(64-51)26-25-49(10,63-52)43-21-23-50(59,13-3)35(9)60-43/h14-17,20,24,29-35,37-38,41-44,46-47,54-56,59H,11-13,18-19,21-23,25-28H2,1-10H3,(H,53,58)/t30-,31-,32+,33-,34-,35-,37?,38-,41+,42+,43+,44+,46+,47-,49-,50+,51-,52-/m0/s1. The molecule has 0 aliphatic carbocycles. The predicted molar refractivity (Wildman–Crippen MR) is 246 cm³/mol. The highest BCUT2D eigenvalue weighted by Crippen LogP contribution is 2.54. The van der Waals surface area contributed by atoms with Gasteiger partial charge in [0.2, 0.25) is 11.7 Å². The van der Waals surface area contributed by atoms with Gasteiger partial charge < -0.3 is 49.3 Å². The molecule has 1 unspecified atom stereocenters. The summed E-state index contributed by atoms with van der Waals surface area (Å²) in [5.74, 6) is -4.54. The fourth-order valence-electron chi connectivity index (χ4n) is 12.3. The number of ketones is 1. The largest absolute Gasteiger partial charge is 0.392 e. The Morgan fingerprint density at radius 1 is 0.922 bits per heavy atom. The number of ether oxygens (including phenoxy) is 5. The summed E-state index contributed by atoms with van der Waals surface area (Å²) in [5, 5.41) is 39.0. The van der Waals surface area contributed by atoms with Gasteiger partial charge in [0.1, 0.15) is 11.9 Å². The number of carbonyl (C=O) groups is 2. The Kier molecular flexibility index (Phi) is 15.0. The number of amides is 1. The van der Waals surface area contributed by atoms with Gasteiger partial charge in [-0.05, 0) is 114 Å². The summed E-state index contributed by atoms with van der Waals surface area (Å²) >= 11 is 0. The van der Waals surface area contributed by atoms with E-state index in [0.29, 0.717) is 51.5 Å². The first-order valence-corrected chi connectivity index (χ1v) is 24.9. The Morgan fingerprint density at radius 2 is 1.66 bits per heavy atom. The van der Waals surface area contributed by atoms with E-state index < -0.39 is 52.9 Å². The highest BCUT2D eigenvalue weighted by atomic mass is 16.8. The Labute approximate surface area is 381 Å². The number of hydrogen-bond acceptors (Lipinski definition) is 10. The van der Waals surface area contributed by atoms with Gasteiger partial charge in [-0.1, -0.05) is 73.6 Å². The zero-order valence-corrected chi connectivity index (χ0v) is 40.3. The summed E-state index contributed by atoms with van der Waals surface area (Å²) in [6.07, 6.45) is 8.85. The second-order valence-corrected chi connectivity index (χ2v) is 21.0. The summed E-state index contributed by atoms with van der Waals surface area (Å²) in [5.41, 5.74) is 0.620. The second-order valence-electron chi connectivity index (χ2n) is 21.0. The molecule has 2 spiro atoms. The molecule has 64 heavy (non-hydrogen) atoms. The molecule has 18 atom stereocenters. The molecule has 1 amide bonds. The number of aliphatic hydroxyl groups is 3. The molecule has 6 heterocycles. The molecule has 12 heteroatoms. The van der Waals surface area contributed by atoms with Crippen molar-refractivity contribution in [3.63, 3.8) is 0 Å². The summed E-state index contributed by atoms with van der Waals surface area (Å²) in [4.78, 5) is 31.7. The van der Waals surface area contributed by atoms with Crippen molar-refractivity contribution in [2.75, 3.05) is 6.54 Å². The molecule has 358 valence electrons. The van der Waals surface area contributed by atoms with Crippen LogP contribution in [-0.4, -0.2) is 104 Å². The number of hydrogen-bond donors (Lipinski definition) is 5. The smallest absolute Gasteiger partial charge is 0.225 e. The highest BCUT2D eigenvalue weighted by Gasteiger charge is 2.63. The van der Waals surface area contributed by atoms with Gasteiger partial charge in [0.15, 0.2) is 5.79 Å². The Hall–Kier alpha value is -2.68. The number of rotatable bonds is 15. The quantitative estimate of drug-likeness (QED) is 0.111. The molecule has 0 radical (unpaired) electrons. The number of para-hydroxylation sites is 1. The topological polar surface area (TPSA) is 169 Å². The first-order valence-electron chi connectivity index (χ1n) is 24.9. The molecule has 4 saturated heterocycles. The monoisotopic (exact) mass is 893 g/mol. The van der Waals surface area contributed by atoms with Gasteiger partial charge in [0, 0.05) is 53.7 Å². The van der Waals surface area contributed by atoms with Crippen molar-refractivity contribution in [3.05, 3.63) is 48.2 Å². The van der Waals surface area contributed by atoms with E-state index in [1.54, 1.807) is 6.08 Å². The number of carbonyl (C=O) groups excluding carboxylic acids is 2. The zero-order chi connectivity index (χ0) is 46.4. The van der Waals surface area contributed by atoms with E-state index in [4.69, 9.17) is 23.7 Å². The molecule has 12 nitrogen and oxygen atoms in total. The third kappa shape index (κ3) is 9.30. The number of aliphatic hydroxyl groups excluding tert-OH is 2. The summed E-state index contributed by atoms with van der Waals surface area (Å²) in [6, 6.07) is 8.18. The molecule has 1 aromatic heterocycles. The fourth-order valence-corrected chi connectivity index (χ4v) is 12.3. The molecule has 4 fully saturated rings. The van der Waals surface area contributed by atoms with Crippen molar-refractivity contribution in [1.82, 2.24) is 10.3 Å². The van der Waals surface area contributed by atoms with Crippen LogP contribution in [0, 0.1) is 41.4 Å². The van der Waals surface area contributed by atoms with E-state index in [0.717, 1.165) is 31.2 Å². The number of benzene rings is 1. The van der Waals surface area contributed by atoms with Gasteiger partial charge in [0.25, 0.3) is 0 Å². The Morgan fingerprint density at radius 3 is 2.36 bits per heavy atom. The second kappa shape index (κ2) is 19.5. The molecule has 5 aliphatic heterocycles. The van der Waals surface area contributed by atoms with Crippen LogP contribution in [0.2, 0.25) is 0 Å². The van der Waals surface area contributed by atoms with Crippen molar-refractivity contribution in [3.8, 4) is 0 Å². The molecule has 1 aromatic carbocycles. The van der Waals surface area contributed by atoms with Crippen molar-refractivity contribution < 1.29 is 48.6 Å². The average molecular weight is 893 g/mol. The van der Waals surface area contributed by atoms with Crippen molar-refractivity contribution in [2.24, 2.45) is 41.4 Å². The van der Waals surface area contributed by atoms with Crippen LogP contribution in [0.5, 0.6) is 0 Å². The molecule has 0 bridgehead atoms. The summed E-state index contributed by atoms with van der Waals surface area (Å²) in [7, 11) is 0. The lowest BCUT2D eigenvalue weighted by Crippen LogP contribution is -2.63. The molecule has 0 saturated carbocycles. The predicted octanol–water partition coefficient (Wildman–Crippen LogP) is 7.94. The number of fused-ring (bicyclic) bond motifs is 1. The average Bonchev–Trinajstić information content (AvgIpc) is 3.86. The van der Waals surface area contributed by atoms with E-state index in [1.807, 2.05) is 72.9 Å². The molecular weight excluding hydrogens is 813 g/mol. The van der Waals surface area contributed by atoms with Crippen LogP contribution < -0.4 is 5.32 Å². The van der Waals surface area contributed by atoms with Crippen LogP contribution in [0.4, 0.5) is 0 Å². The molecule has 7 rings (SSSR count). The Bertz CT molecular complexity index is 1950. The lowest BCUT2D eigenvalue weighted by molar-refractivity contribution is -0.409. The molecule has 5 N–H and O–H groups in total. The van der Waals surface area contributed by atoms with Gasteiger partial charge in [-0.3, -0.25) is 9.59 Å². The number of aromatic amines is 1.